The van der Waals surface area contributed by atoms with Gasteiger partial charge in [-0.1, -0.05) is 72.8 Å². The van der Waals surface area contributed by atoms with Gasteiger partial charge < -0.3 is 9.29 Å². The maximum Gasteiger partial charge on any atom is 0.495 e. The maximum absolute atomic E-state index is 7.23. The van der Waals surface area contributed by atoms with Crippen LogP contribution in [0.25, 0.3) is 10.8 Å². The molecule has 4 bridgehead atoms. The van der Waals surface area contributed by atoms with Gasteiger partial charge in [0.25, 0.3) is 0 Å². The lowest BCUT2D eigenvalue weighted by Gasteiger charge is -2.32. The molecule has 0 fully saturated rings. The number of aliphatic imine (C=N–C) groups is 2. The Morgan fingerprint density at radius 1 is 0.812 bits per heavy atom. The summed E-state index contributed by atoms with van der Waals surface area (Å²) < 4.78 is 2.03. The minimum atomic E-state index is -0.501. The standard InChI is InChI=1S/C24H14BClN6/c26-25-31-21-15-9-3-5-11-17(15)23(31)30-24-18-12-6-4-10-16(18)22(32(24)25)29-20-14-8-2-1-7-13(14)19(27-20)28-21/h1-12,15,21H/b28-19-,29-22-. The first-order valence-electron chi connectivity index (χ1n) is 10.6. The van der Waals surface area contributed by atoms with Crippen molar-refractivity contribution in [2.24, 2.45) is 25.9 Å². The highest BCUT2D eigenvalue weighted by Gasteiger charge is 2.48. The van der Waals surface area contributed by atoms with Gasteiger partial charge in [-0.2, -0.15) is 0 Å². The van der Waals surface area contributed by atoms with Crippen LogP contribution in [0.3, 0.4) is 0 Å². The number of fused-ring (bicyclic) bond motifs is 9. The highest BCUT2D eigenvalue weighted by atomic mass is 35.5. The predicted octanol–water partition coefficient (Wildman–Crippen LogP) is 2.78. The third kappa shape index (κ3) is 1.93. The van der Waals surface area contributed by atoms with Crippen molar-refractivity contribution in [2.75, 3.05) is 0 Å². The Bertz CT molecular complexity index is 1670. The van der Waals surface area contributed by atoms with Gasteiger partial charge in [-0.3, -0.25) is 0 Å². The Kier molecular flexibility index (Phi) is 3.04. The van der Waals surface area contributed by atoms with E-state index in [1.807, 2.05) is 28.7 Å². The molecule has 0 saturated carbocycles. The van der Waals surface area contributed by atoms with Gasteiger partial charge in [-0.15, -0.1) is 11.5 Å². The average Bonchev–Trinajstić information content (AvgIpc) is 3.45. The molecule has 0 spiro atoms. The number of hydrogen-bond acceptors (Lipinski definition) is 5. The number of halogens is 1. The summed E-state index contributed by atoms with van der Waals surface area (Å²) in [5.41, 5.74) is 4.74. The van der Waals surface area contributed by atoms with E-state index in [2.05, 4.69) is 53.4 Å². The summed E-state index contributed by atoms with van der Waals surface area (Å²) >= 11 is 7.23. The fraction of sp³-hybridized carbons (Fsp3) is 0.0833. The van der Waals surface area contributed by atoms with E-state index >= 15 is 0 Å². The van der Waals surface area contributed by atoms with Crippen molar-refractivity contribution in [3.8, 4) is 0 Å². The van der Waals surface area contributed by atoms with Crippen molar-refractivity contribution < 1.29 is 0 Å². The first-order valence-corrected chi connectivity index (χ1v) is 11.1. The molecule has 0 radical (unpaired) electrons. The van der Waals surface area contributed by atoms with Crippen molar-refractivity contribution >= 4 is 40.3 Å². The number of rotatable bonds is 0. The Balaban J connectivity index is 1.60. The molecule has 0 amide bonds. The zero-order valence-electron chi connectivity index (χ0n) is 16.7. The van der Waals surface area contributed by atoms with Crippen LogP contribution in [-0.2, 0) is 0 Å². The quantitative estimate of drug-likeness (QED) is 0.504. The van der Waals surface area contributed by atoms with Crippen LogP contribution >= 0.6 is 11.5 Å². The van der Waals surface area contributed by atoms with E-state index in [0.717, 1.165) is 44.3 Å². The number of hydrogen-bond donors (Lipinski definition) is 0. The van der Waals surface area contributed by atoms with Gasteiger partial charge >= 0.3 is 6.40 Å². The summed E-state index contributed by atoms with van der Waals surface area (Å²) in [4.78, 5) is 22.4. The molecule has 2 atom stereocenters. The molecule has 0 saturated heterocycles. The predicted molar refractivity (Wildman–Crippen MR) is 125 cm³/mol. The molecule has 3 aromatic rings. The molecule has 8 rings (SSSR count). The van der Waals surface area contributed by atoms with Crippen molar-refractivity contribution in [1.82, 2.24) is 9.29 Å². The molecular weight excluding hydrogens is 419 g/mol. The molecule has 2 unspecified atom stereocenters. The van der Waals surface area contributed by atoms with Crippen LogP contribution in [0.4, 0.5) is 0 Å². The van der Waals surface area contributed by atoms with E-state index < -0.39 is 6.40 Å². The minimum Gasteiger partial charge on any atom is -0.344 e. The van der Waals surface area contributed by atoms with Crippen LogP contribution in [0.15, 0.2) is 104 Å². The van der Waals surface area contributed by atoms with E-state index in [0.29, 0.717) is 11.7 Å². The van der Waals surface area contributed by atoms with Gasteiger partial charge in [0.15, 0.2) is 11.7 Å². The molecule has 1 aromatic heterocycles. The number of nitrogens with zero attached hydrogens (tertiary/aromatic N) is 6. The molecule has 2 aromatic carbocycles. The Morgan fingerprint density at radius 2 is 1.53 bits per heavy atom. The number of benzene rings is 2. The molecule has 1 aliphatic carbocycles. The van der Waals surface area contributed by atoms with Crippen molar-refractivity contribution in [2.45, 2.75) is 6.17 Å². The summed E-state index contributed by atoms with van der Waals surface area (Å²) in [5.74, 6) is 2.31. The second-order valence-electron chi connectivity index (χ2n) is 8.40. The van der Waals surface area contributed by atoms with E-state index in [9.17, 15) is 0 Å². The van der Waals surface area contributed by atoms with Crippen LogP contribution in [0.1, 0.15) is 11.1 Å². The van der Waals surface area contributed by atoms with Crippen LogP contribution in [0, 0.1) is 5.92 Å². The van der Waals surface area contributed by atoms with E-state index in [4.69, 9.17) is 31.4 Å². The normalized spacial score (nSPS) is 26.2. The number of amidine groups is 2. The fourth-order valence-electron chi connectivity index (χ4n) is 5.37. The van der Waals surface area contributed by atoms with Gasteiger partial charge in [0, 0.05) is 33.4 Å². The highest BCUT2D eigenvalue weighted by molar-refractivity contribution is 7.04. The second-order valence-corrected chi connectivity index (χ2v) is 8.79. The largest absolute Gasteiger partial charge is 0.495 e. The fourth-order valence-corrected chi connectivity index (χ4v) is 5.76. The molecule has 4 aliphatic heterocycles. The molecule has 5 aliphatic rings. The molecule has 6 nitrogen and oxygen atoms in total. The van der Waals surface area contributed by atoms with Crippen LogP contribution in [-0.4, -0.2) is 33.5 Å². The molecule has 0 N–H and O–H groups in total. The lowest BCUT2D eigenvalue weighted by molar-refractivity contribution is 0.382. The smallest absolute Gasteiger partial charge is 0.344 e. The van der Waals surface area contributed by atoms with Crippen molar-refractivity contribution in [3.05, 3.63) is 106 Å². The van der Waals surface area contributed by atoms with Crippen molar-refractivity contribution in [1.29, 1.82) is 0 Å². The third-order valence-corrected chi connectivity index (χ3v) is 7.19. The molecule has 8 heteroatoms. The van der Waals surface area contributed by atoms with Gasteiger partial charge in [-0.05, 0) is 0 Å². The lowest BCUT2D eigenvalue weighted by Crippen LogP contribution is -2.54. The van der Waals surface area contributed by atoms with Gasteiger partial charge in [-0.25, -0.2) is 20.0 Å². The number of aromatic nitrogens is 1. The van der Waals surface area contributed by atoms with Gasteiger partial charge in [0.1, 0.15) is 23.0 Å². The first kappa shape index (κ1) is 16.9. The SMILES string of the molecule is ClB1N2C3=C4C=CC=CC4C2/N=C2N=C(/N=c4/c5ccccc5c(n41)=N3)c1ccccc1\2. The zero-order chi connectivity index (χ0) is 21.0. The summed E-state index contributed by atoms with van der Waals surface area (Å²) in [6.07, 6.45) is 7.70. The Labute approximate surface area is 188 Å². The summed E-state index contributed by atoms with van der Waals surface area (Å²) in [7, 11) is 0. The molecular formula is C24H14BClN6. The first-order chi connectivity index (χ1) is 15.8. The second kappa shape index (κ2) is 5.75. The summed E-state index contributed by atoms with van der Waals surface area (Å²) in [5, 5.41) is 2.05. The van der Waals surface area contributed by atoms with Gasteiger partial charge in [0.2, 0.25) is 0 Å². The maximum atomic E-state index is 7.23. The van der Waals surface area contributed by atoms with E-state index in [-0.39, 0.29) is 12.1 Å². The van der Waals surface area contributed by atoms with E-state index in [1.54, 1.807) is 0 Å². The molecule has 5 heterocycles. The number of allylic oxidation sites excluding steroid dienone is 3. The van der Waals surface area contributed by atoms with E-state index in [1.165, 1.54) is 0 Å². The monoisotopic (exact) mass is 432 g/mol. The van der Waals surface area contributed by atoms with Crippen molar-refractivity contribution in [3.63, 3.8) is 0 Å². The minimum absolute atomic E-state index is 0.0644. The van der Waals surface area contributed by atoms with Crippen LogP contribution in [0.5, 0.6) is 0 Å². The molecule has 32 heavy (non-hydrogen) atoms. The van der Waals surface area contributed by atoms with Gasteiger partial charge in [0.05, 0.1) is 0 Å². The topological polar surface area (TPSA) is 57.6 Å². The third-order valence-electron chi connectivity index (χ3n) is 6.78. The summed E-state index contributed by atoms with van der Waals surface area (Å²) in [6, 6.07) is 16.4. The van der Waals surface area contributed by atoms with Crippen LogP contribution in [0.2, 0.25) is 0 Å². The lowest BCUT2D eigenvalue weighted by atomic mass is 9.94. The Morgan fingerprint density at radius 3 is 2.34 bits per heavy atom. The average molecular weight is 433 g/mol. The summed E-state index contributed by atoms with van der Waals surface area (Å²) in [6.45, 7) is 0. The Hall–Kier alpha value is -3.71. The van der Waals surface area contributed by atoms with Crippen LogP contribution < -0.4 is 11.0 Å². The zero-order valence-corrected chi connectivity index (χ0v) is 17.5. The molecule has 150 valence electrons. The highest BCUT2D eigenvalue weighted by Crippen LogP contribution is 2.42.